The molecule has 11 heteroatoms. The third-order valence-electron chi connectivity index (χ3n) is 6.37. The van der Waals surface area contributed by atoms with Crippen molar-refractivity contribution in [1.29, 1.82) is 0 Å². The Labute approximate surface area is 208 Å². The number of aliphatic hydroxyl groups is 8. The summed E-state index contributed by atoms with van der Waals surface area (Å²) in [5.74, 6) is 0. The Morgan fingerprint density at radius 2 is 1.31 bits per heavy atom. The first-order valence-electron chi connectivity index (χ1n) is 13.0. The highest BCUT2D eigenvalue weighted by Crippen LogP contribution is 2.25. The third kappa shape index (κ3) is 11.7. The van der Waals surface area contributed by atoms with Crippen molar-refractivity contribution in [2.45, 2.75) is 126 Å². The average Bonchev–Trinajstić information content (AvgIpc) is 2.86. The molecule has 11 nitrogen and oxygen atoms in total. The Hall–Kier alpha value is -0.440. The quantitative estimate of drug-likeness (QED) is 0.0952. The molecule has 1 rings (SSSR count). The third-order valence-corrected chi connectivity index (χ3v) is 6.37. The summed E-state index contributed by atoms with van der Waals surface area (Å²) in [6, 6.07) is 0. The Kier molecular flexibility index (Phi) is 17.5. The van der Waals surface area contributed by atoms with Gasteiger partial charge in [-0.2, -0.15) is 0 Å². The van der Waals surface area contributed by atoms with E-state index < -0.39 is 68.3 Å². The van der Waals surface area contributed by atoms with Crippen LogP contribution in [-0.4, -0.2) is 122 Å². The smallest absolute Gasteiger partial charge is 0.187 e. The van der Waals surface area contributed by atoms with Gasteiger partial charge in [-0.05, 0) is 6.42 Å². The van der Waals surface area contributed by atoms with Crippen molar-refractivity contribution in [3.05, 3.63) is 0 Å². The maximum atomic E-state index is 10.5. The van der Waals surface area contributed by atoms with Crippen LogP contribution >= 0.6 is 0 Å². The lowest BCUT2D eigenvalue weighted by molar-refractivity contribution is -0.327. The van der Waals surface area contributed by atoms with E-state index in [1.54, 1.807) is 0 Å². The van der Waals surface area contributed by atoms with Crippen LogP contribution in [0.5, 0.6) is 0 Å². The molecule has 0 radical (unpaired) electrons. The normalized spacial score (nSPS) is 28.5. The van der Waals surface area contributed by atoms with Gasteiger partial charge in [-0.3, -0.25) is 0 Å². The molecule has 0 amide bonds. The predicted molar refractivity (Wildman–Crippen MR) is 126 cm³/mol. The maximum Gasteiger partial charge on any atom is 0.187 e. The van der Waals surface area contributed by atoms with Crippen molar-refractivity contribution in [3.8, 4) is 0 Å². The summed E-state index contributed by atoms with van der Waals surface area (Å²) in [6.07, 6.45) is -2.70. The van der Waals surface area contributed by atoms with Crippen LogP contribution < -0.4 is 0 Å². The van der Waals surface area contributed by atoms with E-state index in [2.05, 4.69) is 6.92 Å². The van der Waals surface area contributed by atoms with Crippen LogP contribution in [0.4, 0.5) is 0 Å². The second-order valence-electron chi connectivity index (χ2n) is 9.36. The van der Waals surface area contributed by atoms with Crippen LogP contribution in [0, 0.1) is 0 Å². The van der Waals surface area contributed by atoms with Crippen LogP contribution in [0.3, 0.4) is 0 Å². The number of hydrogen-bond acceptors (Lipinski definition) is 11. The molecule has 1 heterocycles. The molecule has 35 heavy (non-hydrogen) atoms. The SMILES string of the molecule is CCCCCCCCCCCCOC[C@@H](O)[C@@H](O)[C@@H](O[C@H]1O[C@H](CO)[C@@H](O)[C@H](O)[C@H]1O)[C@H](O)CO. The lowest BCUT2D eigenvalue weighted by Crippen LogP contribution is -2.61. The highest BCUT2D eigenvalue weighted by atomic mass is 16.7. The summed E-state index contributed by atoms with van der Waals surface area (Å²) in [6.45, 7) is 0.838. The summed E-state index contributed by atoms with van der Waals surface area (Å²) in [5, 5.41) is 79.3. The molecule has 0 spiro atoms. The Morgan fingerprint density at radius 3 is 1.86 bits per heavy atom. The van der Waals surface area contributed by atoms with E-state index in [9.17, 15) is 40.9 Å². The van der Waals surface area contributed by atoms with Gasteiger partial charge in [0.05, 0.1) is 19.8 Å². The van der Waals surface area contributed by atoms with Crippen molar-refractivity contribution in [3.63, 3.8) is 0 Å². The standard InChI is InChI=1S/C24H48O11/c1-2-3-4-5-6-7-8-9-10-11-12-33-15-17(28)19(29)23(16(27)13-25)35-24-22(32)21(31)20(30)18(14-26)34-24/h16-32H,2-15H2,1H3/t16-,17-,18-,19-,20-,21+,22-,23+,24-/m1/s1. The molecule has 8 N–H and O–H groups in total. The van der Waals surface area contributed by atoms with Crippen LogP contribution in [-0.2, 0) is 14.2 Å². The van der Waals surface area contributed by atoms with Gasteiger partial charge < -0.3 is 55.1 Å². The molecule has 0 aromatic rings. The van der Waals surface area contributed by atoms with E-state index in [4.69, 9.17) is 14.2 Å². The largest absolute Gasteiger partial charge is 0.394 e. The fourth-order valence-corrected chi connectivity index (χ4v) is 4.05. The van der Waals surface area contributed by atoms with Crippen molar-refractivity contribution in [2.24, 2.45) is 0 Å². The first-order chi connectivity index (χ1) is 16.8. The number of unbranched alkanes of at least 4 members (excludes halogenated alkanes) is 9. The molecule has 0 saturated carbocycles. The van der Waals surface area contributed by atoms with E-state index in [-0.39, 0.29) is 6.61 Å². The summed E-state index contributed by atoms with van der Waals surface area (Å²) >= 11 is 0. The van der Waals surface area contributed by atoms with Gasteiger partial charge in [-0.15, -0.1) is 0 Å². The molecule has 0 aliphatic carbocycles. The minimum Gasteiger partial charge on any atom is -0.394 e. The van der Waals surface area contributed by atoms with Gasteiger partial charge in [-0.1, -0.05) is 64.7 Å². The van der Waals surface area contributed by atoms with Gasteiger partial charge >= 0.3 is 0 Å². The van der Waals surface area contributed by atoms with E-state index in [0.29, 0.717) is 6.61 Å². The maximum absolute atomic E-state index is 10.5. The van der Waals surface area contributed by atoms with Crippen LogP contribution in [0.2, 0.25) is 0 Å². The molecule has 1 aliphatic heterocycles. The van der Waals surface area contributed by atoms with E-state index in [1.807, 2.05) is 0 Å². The Bertz CT molecular complexity index is 510. The Morgan fingerprint density at radius 1 is 0.743 bits per heavy atom. The number of rotatable bonds is 20. The average molecular weight is 513 g/mol. The lowest BCUT2D eigenvalue weighted by Gasteiger charge is -2.42. The first-order valence-corrected chi connectivity index (χ1v) is 13.0. The minimum atomic E-state index is -1.77. The molecule has 210 valence electrons. The fraction of sp³-hybridized carbons (Fsp3) is 1.00. The molecule has 1 saturated heterocycles. The van der Waals surface area contributed by atoms with Crippen molar-refractivity contribution in [2.75, 3.05) is 26.4 Å². The molecule has 9 atom stereocenters. The molecule has 0 aromatic heterocycles. The number of ether oxygens (including phenoxy) is 3. The predicted octanol–water partition coefficient (Wildman–Crippen LogP) is -0.816. The fourth-order valence-electron chi connectivity index (χ4n) is 4.05. The molecule has 1 aliphatic rings. The molecular formula is C24H48O11. The zero-order chi connectivity index (χ0) is 26.2. The van der Waals surface area contributed by atoms with Gasteiger partial charge in [0.15, 0.2) is 6.29 Å². The van der Waals surface area contributed by atoms with Gasteiger partial charge in [0.25, 0.3) is 0 Å². The zero-order valence-corrected chi connectivity index (χ0v) is 20.9. The number of hydrogen-bond donors (Lipinski definition) is 8. The topological polar surface area (TPSA) is 190 Å². The van der Waals surface area contributed by atoms with Crippen molar-refractivity contribution >= 4 is 0 Å². The Balaban J connectivity index is 2.38. The van der Waals surface area contributed by atoms with Crippen molar-refractivity contribution < 1.29 is 55.1 Å². The first kappa shape index (κ1) is 32.6. The van der Waals surface area contributed by atoms with Gasteiger partial charge in [-0.25, -0.2) is 0 Å². The molecule has 0 unspecified atom stereocenters. The minimum absolute atomic E-state index is 0.245. The zero-order valence-electron chi connectivity index (χ0n) is 20.9. The highest BCUT2D eigenvalue weighted by Gasteiger charge is 2.46. The molecule has 0 bridgehead atoms. The molecule has 0 aromatic carbocycles. The summed E-state index contributed by atoms with van der Waals surface area (Å²) in [4.78, 5) is 0. The monoisotopic (exact) mass is 512 g/mol. The van der Waals surface area contributed by atoms with Crippen LogP contribution in [0.25, 0.3) is 0 Å². The van der Waals surface area contributed by atoms with Crippen molar-refractivity contribution in [1.82, 2.24) is 0 Å². The number of aliphatic hydroxyl groups excluding tert-OH is 8. The van der Waals surface area contributed by atoms with Crippen LogP contribution in [0.15, 0.2) is 0 Å². The van der Waals surface area contributed by atoms with Gasteiger partial charge in [0, 0.05) is 6.61 Å². The lowest BCUT2D eigenvalue weighted by atomic mass is 9.98. The van der Waals surface area contributed by atoms with Crippen LogP contribution in [0.1, 0.15) is 71.1 Å². The second-order valence-corrected chi connectivity index (χ2v) is 9.36. The van der Waals surface area contributed by atoms with Gasteiger partial charge in [0.1, 0.15) is 48.8 Å². The van der Waals surface area contributed by atoms with E-state index in [1.165, 1.54) is 44.9 Å². The van der Waals surface area contributed by atoms with E-state index in [0.717, 1.165) is 19.3 Å². The molecule has 1 fully saturated rings. The summed E-state index contributed by atoms with van der Waals surface area (Å²) < 4.78 is 16.0. The summed E-state index contributed by atoms with van der Waals surface area (Å²) in [5.41, 5.74) is 0. The van der Waals surface area contributed by atoms with Gasteiger partial charge in [0.2, 0.25) is 0 Å². The van der Waals surface area contributed by atoms with E-state index >= 15 is 0 Å². The molecular weight excluding hydrogens is 464 g/mol. The summed E-state index contributed by atoms with van der Waals surface area (Å²) in [7, 11) is 0. The highest BCUT2D eigenvalue weighted by molar-refractivity contribution is 4.91. The second kappa shape index (κ2) is 18.8.